The van der Waals surface area contributed by atoms with Gasteiger partial charge in [0.05, 0.1) is 6.26 Å². The molecule has 0 spiro atoms. The highest BCUT2D eigenvalue weighted by Crippen LogP contribution is 1.73. The predicted molar refractivity (Wildman–Crippen MR) is 33.3 cm³/mol. The van der Waals surface area contributed by atoms with Crippen LogP contribution < -0.4 is 0 Å². The van der Waals surface area contributed by atoms with E-state index in [1.807, 2.05) is 13.8 Å². The zero-order valence-electron chi connectivity index (χ0n) is 4.94. The summed E-state index contributed by atoms with van der Waals surface area (Å²) in [6, 6.07) is 0. The van der Waals surface area contributed by atoms with Crippen LogP contribution in [0.2, 0.25) is 0 Å². The zero-order chi connectivity index (χ0) is 6.28. The highest BCUT2D eigenvalue weighted by atomic mass is 16.2. The largest absolute Gasteiger partial charge is 0.516 e. The van der Waals surface area contributed by atoms with Crippen molar-refractivity contribution in [1.82, 2.24) is 0 Å². The molecule has 0 atom stereocenters. The Kier molecular flexibility index (Phi) is 12.3. The lowest BCUT2D eigenvalue weighted by molar-refractivity contribution is 0.476. The maximum atomic E-state index is 7.33. The van der Waals surface area contributed by atoms with E-state index in [2.05, 4.69) is 13.2 Å². The third-order valence-electron chi connectivity index (χ3n) is 0. The topological polar surface area (TPSA) is 20.2 Å². The van der Waals surface area contributed by atoms with Crippen LogP contribution in [0.4, 0.5) is 0 Å². The van der Waals surface area contributed by atoms with Crippen LogP contribution in [0.25, 0.3) is 0 Å². The molecule has 0 rings (SSSR count). The number of hydrogen-bond acceptors (Lipinski definition) is 1. The second-order valence-corrected chi connectivity index (χ2v) is 1.39. The van der Waals surface area contributed by atoms with E-state index >= 15 is 0 Å². The fourth-order valence-corrected chi connectivity index (χ4v) is 0. The van der Waals surface area contributed by atoms with E-state index in [-0.39, 0.29) is 0 Å². The van der Waals surface area contributed by atoms with Gasteiger partial charge in [-0.05, 0) is 13.8 Å². The molecular formula is C6H12O. The lowest BCUT2D eigenvalue weighted by Crippen LogP contribution is -1.43. The molecule has 1 heteroatoms. The molecule has 0 bridgehead atoms. The number of hydrogen-bond donors (Lipinski definition) is 1. The van der Waals surface area contributed by atoms with Crippen molar-refractivity contribution in [3.8, 4) is 0 Å². The van der Waals surface area contributed by atoms with E-state index in [9.17, 15) is 0 Å². The van der Waals surface area contributed by atoms with Gasteiger partial charge in [-0.2, -0.15) is 0 Å². The smallest absolute Gasteiger partial charge is 0.0719 e. The highest BCUT2D eigenvalue weighted by Gasteiger charge is 1.51. The molecule has 0 aliphatic rings. The van der Waals surface area contributed by atoms with Gasteiger partial charge in [0, 0.05) is 0 Å². The van der Waals surface area contributed by atoms with Crippen LogP contribution in [0.1, 0.15) is 13.8 Å². The first kappa shape index (κ1) is 9.56. The Bertz CT molecular complexity index is 51.2. The highest BCUT2D eigenvalue weighted by molar-refractivity contribution is 4.78. The summed E-state index contributed by atoms with van der Waals surface area (Å²) >= 11 is 0. The fourth-order valence-electron chi connectivity index (χ4n) is 0. The first-order chi connectivity index (χ1) is 3.15. The van der Waals surface area contributed by atoms with Gasteiger partial charge in [0.25, 0.3) is 0 Å². The summed E-state index contributed by atoms with van der Waals surface area (Å²) in [4.78, 5) is 0. The molecule has 0 saturated carbocycles. The first-order valence-corrected chi connectivity index (χ1v) is 2.02. The van der Waals surface area contributed by atoms with Gasteiger partial charge in [-0.3, -0.25) is 0 Å². The molecule has 0 radical (unpaired) electrons. The van der Waals surface area contributed by atoms with Gasteiger partial charge in [0.2, 0.25) is 0 Å². The molecule has 0 fully saturated rings. The van der Waals surface area contributed by atoms with Crippen LogP contribution in [-0.2, 0) is 0 Å². The molecule has 1 N–H and O–H groups in total. The van der Waals surface area contributed by atoms with E-state index < -0.39 is 0 Å². The van der Waals surface area contributed by atoms with Crippen LogP contribution in [0.15, 0.2) is 25.0 Å². The number of rotatable bonds is 0. The molecule has 0 amide bonds. The van der Waals surface area contributed by atoms with Crippen molar-refractivity contribution in [3.05, 3.63) is 25.0 Å². The third kappa shape index (κ3) is 110. The van der Waals surface area contributed by atoms with Crippen LogP contribution in [0.5, 0.6) is 0 Å². The minimum atomic E-state index is 0.750. The Balaban J connectivity index is 0. The molecular weight excluding hydrogens is 88.1 g/mol. The van der Waals surface area contributed by atoms with Crippen LogP contribution in [0.3, 0.4) is 0 Å². The molecule has 0 aliphatic heterocycles. The van der Waals surface area contributed by atoms with Crippen molar-refractivity contribution < 1.29 is 5.11 Å². The SMILES string of the molecule is C=C(C)C.C=CO. The van der Waals surface area contributed by atoms with Crippen molar-refractivity contribution in [2.75, 3.05) is 0 Å². The summed E-state index contributed by atoms with van der Waals surface area (Å²) in [7, 11) is 0. The summed E-state index contributed by atoms with van der Waals surface area (Å²) < 4.78 is 0. The van der Waals surface area contributed by atoms with E-state index in [0.29, 0.717) is 0 Å². The van der Waals surface area contributed by atoms with Crippen LogP contribution in [-0.4, -0.2) is 5.11 Å². The van der Waals surface area contributed by atoms with Gasteiger partial charge in [-0.1, -0.05) is 12.2 Å². The average Bonchev–Trinajstić information content (AvgIpc) is 1.33. The second kappa shape index (κ2) is 8.99. The molecule has 0 aliphatic carbocycles. The van der Waals surface area contributed by atoms with Crippen molar-refractivity contribution in [1.29, 1.82) is 0 Å². The van der Waals surface area contributed by atoms with Gasteiger partial charge < -0.3 is 5.11 Å². The number of allylic oxidation sites excluding steroid dienone is 1. The second-order valence-electron chi connectivity index (χ2n) is 1.39. The van der Waals surface area contributed by atoms with Crippen molar-refractivity contribution in [2.24, 2.45) is 0 Å². The molecule has 0 aromatic rings. The van der Waals surface area contributed by atoms with Crippen LogP contribution >= 0.6 is 0 Å². The maximum Gasteiger partial charge on any atom is 0.0719 e. The van der Waals surface area contributed by atoms with Crippen LogP contribution in [0, 0.1) is 0 Å². The predicted octanol–water partition coefficient (Wildman–Crippen LogP) is 2.27. The molecule has 7 heavy (non-hydrogen) atoms. The normalized spacial score (nSPS) is 5.43. The van der Waals surface area contributed by atoms with E-state index in [1.165, 1.54) is 5.57 Å². The Hall–Kier alpha value is -0.720. The van der Waals surface area contributed by atoms with Crippen molar-refractivity contribution in [3.63, 3.8) is 0 Å². The van der Waals surface area contributed by atoms with Gasteiger partial charge >= 0.3 is 0 Å². The fraction of sp³-hybridized carbons (Fsp3) is 0.333. The maximum absolute atomic E-state index is 7.33. The molecule has 0 aromatic carbocycles. The Labute approximate surface area is 45.0 Å². The monoisotopic (exact) mass is 100 g/mol. The summed E-state index contributed by atoms with van der Waals surface area (Å²) in [5.41, 5.74) is 1.17. The van der Waals surface area contributed by atoms with E-state index in [4.69, 9.17) is 5.11 Å². The lowest BCUT2D eigenvalue weighted by Gasteiger charge is -1.65. The van der Waals surface area contributed by atoms with Gasteiger partial charge in [-0.25, -0.2) is 0 Å². The van der Waals surface area contributed by atoms with Gasteiger partial charge in [-0.15, -0.1) is 6.58 Å². The zero-order valence-corrected chi connectivity index (χ0v) is 4.94. The Morgan fingerprint density at radius 3 is 1.57 bits per heavy atom. The molecule has 0 unspecified atom stereocenters. The lowest BCUT2D eigenvalue weighted by atomic mass is 10.4. The minimum Gasteiger partial charge on any atom is -0.516 e. The van der Waals surface area contributed by atoms with Gasteiger partial charge in [0.1, 0.15) is 0 Å². The van der Waals surface area contributed by atoms with Gasteiger partial charge in [0.15, 0.2) is 0 Å². The number of aliphatic hydroxyl groups is 1. The Morgan fingerprint density at radius 1 is 1.57 bits per heavy atom. The molecule has 0 saturated heterocycles. The van der Waals surface area contributed by atoms with Crippen molar-refractivity contribution in [2.45, 2.75) is 13.8 Å². The minimum absolute atomic E-state index is 0.750. The molecule has 0 heterocycles. The summed E-state index contributed by atoms with van der Waals surface area (Å²) in [6.45, 7) is 10.4. The summed E-state index contributed by atoms with van der Waals surface area (Å²) in [5.74, 6) is 0. The number of aliphatic hydroxyl groups excluding tert-OH is 1. The molecule has 42 valence electrons. The molecule has 1 nitrogen and oxygen atoms in total. The summed E-state index contributed by atoms with van der Waals surface area (Å²) in [5, 5.41) is 7.33. The quantitative estimate of drug-likeness (QED) is 0.365. The van der Waals surface area contributed by atoms with E-state index in [0.717, 1.165) is 6.26 Å². The third-order valence-corrected chi connectivity index (χ3v) is 0. The van der Waals surface area contributed by atoms with E-state index in [1.54, 1.807) is 0 Å². The average molecular weight is 100 g/mol. The molecule has 0 aromatic heterocycles. The van der Waals surface area contributed by atoms with Crippen molar-refractivity contribution >= 4 is 0 Å². The summed E-state index contributed by atoms with van der Waals surface area (Å²) in [6.07, 6.45) is 0.750. The Morgan fingerprint density at radius 2 is 1.57 bits per heavy atom. The standard InChI is InChI=1S/C4H8.C2H4O/c1-4(2)3;1-2-3/h1H2,2-3H3;2-3H,1H2. The first-order valence-electron chi connectivity index (χ1n) is 2.02.